The van der Waals surface area contributed by atoms with Gasteiger partial charge in [0, 0.05) is 18.7 Å². The lowest BCUT2D eigenvalue weighted by molar-refractivity contribution is -0.121. The molecule has 0 fully saturated rings. The zero-order chi connectivity index (χ0) is 23.8. The van der Waals surface area contributed by atoms with E-state index in [4.69, 9.17) is 21.1 Å². The third-order valence-electron chi connectivity index (χ3n) is 4.95. The lowest BCUT2D eigenvalue weighted by atomic mass is 10.2. The van der Waals surface area contributed by atoms with E-state index in [-0.39, 0.29) is 29.6 Å². The van der Waals surface area contributed by atoms with E-state index < -0.39 is 15.9 Å². The van der Waals surface area contributed by atoms with Gasteiger partial charge in [-0.25, -0.2) is 8.42 Å². The number of hydrogen-bond acceptors (Lipinski definition) is 5. The van der Waals surface area contributed by atoms with Crippen LogP contribution in [0.2, 0.25) is 5.02 Å². The smallest absolute Gasteiger partial charge is 0.243 e. The molecule has 1 amide bonds. The van der Waals surface area contributed by atoms with Crippen LogP contribution in [0.25, 0.3) is 0 Å². The molecule has 3 aromatic rings. The second-order valence-corrected chi connectivity index (χ2v) is 9.49. The fraction of sp³-hybridized carbons (Fsp3) is 0.208. The van der Waals surface area contributed by atoms with Gasteiger partial charge < -0.3 is 14.8 Å². The molecule has 0 atom stereocenters. The predicted molar refractivity (Wildman–Crippen MR) is 127 cm³/mol. The first-order valence-electron chi connectivity index (χ1n) is 10.1. The molecule has 3 rings (SSSR count). The fourth-order valence-electron chi connectivity index (χ4n) is 3.23. The van der Waals surface area contributed by atoms with Crippen LogP contribution in [0.15, 0.2) is 77.7 Å². The second kappa shape index (κ2) is 11.2. The molecule has 0 aromatic heterocycles. The molecule has 0 aliphatic carbocycles. The predicted octanol–water partition coefficient (Wildman–Crippen LogP) is 3.86. The number of ether oxygens (including phenoxy) is 2. The number of rotatable bonds is 10. The minimum Gasteiger partial charge on any atom is -0.496 e. The summed E-state index contributed by atoms with van der Waals surface area (Å²) in [5.74, 6) is 0.555. The molecule has 0 saturated heterocycles. The molecule has 0 aliphatic heterocycles. The van der Waals surface area contributed by atoms with Gasteiger partial charge in [-0.05, 0) is 29.8 Å². The van der Waals surface area contributed by atoms with Crippen molar-refractivity contribution in [1.82, 2.24) is 9.62 Å². The summed E-state index contributed by atoms with van der Waals surface area (Å²) in [4.78, 5) is 12.7. The van der Waals surface area contributed by atoms with Gasteiger partial charge in [-0.3, -0.25) is 4.79 Å². The minimum atomic E-state index is -4.03. The molecule has 9 heteroatoms. The lowest BCUT2D eigenvalue weighted by Gasteiger charge is -2.22. The van der Waals surface area contributed by atoms with Crippen molar-refractivity contribution in [2.45, 2.75) is 18.0 Å². The molecule has 174 valence electrons. The number of carbonyl (C=O) groups excluding carboxylic acids is 1. The van der Waals surface area contributed by atoms with E-state index in [2.05, 4.69) is 5.32 Å². The Morgan fingerprint density at radius 2 is 1.61 bits per heavy atom. The summed E-state index contributed by atoms with van der Waals surface area (Å²) >= 11 is 6.15. The highest BCUT2D eigenvalue weighted by Crippen LogP contribution is 2.29. The number of benzene rings is 3. The van der Waals surface area contributed by atoms with Crippen molar-refractivity contribution >= 4 is 27.5 Å². The molecule has 0 spiro atoms. The summed E-state index contributed by atoms with van der Waals surface area (Å²) in [5.41, 5.74) is 1.53. The Bertz CT molecular complexity index is 1200. The summed E-state index contributed by atoms with van der Waals surface area (Å²) in [5, 5.41) is 2.94. The molecule has 7 nitrogen and oxygen atoms in total. The zero-order valence-corrected chi connectivity index (χ0v) is 19.9. The molecule has 33 heavy (non-hydrogen) atoms. The average molecular weight is 489 g/mol. The molecule has 0 heterocycles. The third-order valence-corrected chi connectivity index (χ3v) is 7.03. The van der Waals surface area contributed by atoms with Crippen molar-refractivity contribution in [1.29, 1.82) is 0 Å². The van der Waals surface area contributed by atoms with E-state index in [0.717, 1.165) is 15.4 Å². The van der Waals surface area contributed by atoms with Gasteiger partial charge in [0.1, 0.15) is 11.5 Å². The minimum absolute atomic E-state index is 0.0227. The molecule has 0 aliphatic rings. The summed E-state index contributed by atoms with van der Waals surface area (Å²) in [6, 6.07) is 20.6. The summed E-state index contributed by atoms with van der Waals surface area (Å²) < 4.78 is 38.4. The average Bonchev–Trinajstić information content (AvgIpc) is 2.83. The Labute approximate surface area is 198 Å². The molecular formula is C24H25ClN2O5S. The van der Waals surface area contributed by atoms with E-state index in [0.29, 0.717) is 11.5 Å². The van der Waals surface area contributed by atoms with E-state index in [9.17, 15) is 13.2 Å². The zero-order valence-electron chi connectivity index (χ0n) is 18.3. The monoisotopic (exact) mass is 488 g/mol. The van der Waals surface area contributed by atoms with Gasteiger partial charge in [0.25, 0.3) is 0 Å². The highest BCUT2D eigenvalue weighted by atomic mass is 35.5. The largest absolute Gasteiger partial charge is 0.496 e. The highest BCUT2D eigenvalue weighted by Gasteiger charge is 2.27. The van der Waals surface area contributed by atoms with Crippen molar-refractivity contribution in [2.24, 2.45) is 0 Å². The van der Waals surface area contributed by atoms with Crippen molar-refractivity contribution in [3.05, 3.63) is 88.9 Å². The van der Waals surface area contributed by atoms with Gasteiger partial charge in [0.2, 0.25) is 15.9 Å². The number of hydrogen-bond donors (Lipinski definition) is 1. The van der Waals surface area contributed by atoms with Crippen molar-refractivity contribution < 1.29 is 22.7 Å². The normalized spacial score (nSPS) is 11.3. The van der Waals surface area contributed by atoms with Crippen molar-refractivity contribution in [3.63, 3.8) is 0 Å². The van der Waals surface area contributed by atoms with Gasteiger partial charge >= 0.3 is 0 Å². The molecule has 0 unspecified atom stereocenters. The number of carbonyl (C=O) groups is 1. The van der Waals surface area contributed by atoms with Crippen LogP contribution in [0.4, 0.5) is 0 Å². The number of amides is 1. The number of nitrogens with one attached hydrogen (secondary N) is 1. The van der Waals surface area contributed by atoms with Gasteiger partial charge in [0.05, 0.1) is 30.7 Å². The number of halogens is 1. The van der Waals surface area contributed by atoms with Gasteiger partial charge in [0.15, 0.2) is 0 Å². The van der Waals surface area contributed by atoms with Crippen molar-refractivity contribution in [3.8, 4) is 11.5 Å². The van der Waals surface area contributed by atoms with Crippen LogP contribution in [0.1, 0.15) is 11.1 Å². The van der Waals surface area contributed by atoms with Gasteiger partial charge in [-0.1, -0.05) is 60.1 Å². The Morgan fingerprint density at radius 3 is 2.27 bits per heavy atom. The topological polar surface area (TPSA) is 84.9 Å². The lowest BCUT2D eigenvalue weighted by Crippen LogP contribution is -2.40. The third kappa shape index (κ3) is 6.25. The van der Waals surface area contributed by atoms with Gasteiger partial charge in [-0.2, -0.15) is 4.31 Å². The molecule has 0 saturated carbocycles. The molecule has 0 radical (unpaired) electrons. The van der Waals surface area contributed by atoms with Gasteiger partial charge in [-0.15, -0.1) is 0 Å². The first kappa shape index (κ1) is 24.6. The maximum atomic E-state index is 13.4. The number of para-hydroxylation sites is 1. The van der Waals surface area contributed by atoms with E-state index in [1.54, 1.807) is 25.3 Å². The number of nitrogens with zero attached hydrogens (tertiary/aromatic N) is 1. The second-order valence-electron chi connectivity index (χ2n) is 7.14. The SMILES string of the molecule is COc1ccc(S(=O)(=O)N(CC(=O)NCc2ccccc2OC)Cc2ccccc2)cc1Cl. The van der Waals surface area contributed by atoms with E-state index in [1.807, 2.05) is 36.4 Å². The Kier molecular flexibility index (Phi) is 8.32. The number of sulfonamides is 1. The summed E-state index contributed by atoms with van der Waals surface area (Å²) in [6.07, 6.45) is 0. The Balaban J connectivity index is 1.83. The molecule has 0 bridgehead atoms. The molecular weight excluding hydrogens is 464 g/mol. The maximum absolute atomic E-state index is 13.4. The highest BCUT2D eigenvalue weighted by molar-refractivity contribution is 7.89. The van der Waals surface area contributed by atoms with Crippen LogP contribution in [0, 0.1) is 0 Å². The summed E-state index contributed by atoms with van der Waals surface area (Å²) in [6.45, 7) is -0.138. The van der Waals surface area contributed by atoms with E-state index in [1.165, 1.54) is 25.3 Å². The first-order chi connectivity index (χ1) is 15.8. The van der Waals surface area contributed by atoms with Crippen LogP contribution in [0.3, 0.4) is 0 Å². The quantitative estimate of drug-likeness (QED) is 0.468. The number of methoxy groups -OCH3 is 2. The molecule has 3 aromatic carbocycles. The van der Waals surface area contributed by atoms with Crippen LogP contribution in [-0.4, -0.2) is 39.4 Å². The molecule has 1 N–H and O–H groups in total. The fourth-order valence-corrected chi connectivity index (χ4v) is 4.96. The Hall–Kier alpha value is -3.07. The van der Waals surface area contributed by atoms with Crippen LogP contribution in [-0.2, 0) is 27.9 Å². The first-order valence-corrected chi connectivity index (χ1v) is 11.9. The van der Waals surface area contributed by atoms with Crippen LogP contribution < -0.4 is 14.8 Å². The Morgan fingerprint density at radius 1 is 0.939 bits per heavy atom. The standard InChI is InChI=1S/C24H25ClN2O5S/c1-31-22-11-7-6-10-19(22)15-26-24(28)17-27(16-18-8-4-3-5-9-18)33(29,30)20-12-13-23(32-2)21(25)14-20/h3-14H,15-17H2,1-2H3,(H,26,28). The van der Waals surface area contributed by atoms with E-state index >= 15 is 0 Å². The summed E-state index contributed by atoms with van der Waals surface area (Å²) in [7, 11) is -1.03. The van der Waals surface area contributed by atoms with Crippen LogP contribution >= 0.6 is 11.6 Å². The maximum Gasteiger partial charge on any atom is 0.243 e. The van der Waals surface area contributed by atoms with Crippen LogP contribution in [0.5, 0.6) is 11.5 Å². The van der Waals surface area contributed by atoms with Crippen molar-refractivity contribution in [2.75, 3.05) is 20.8 Å².